The molecule has 0 fully saturated rings. The molecular formula is C33H33F2NO4S. The van der Waals surface area contributed by atoms with E-state index in [1.165, 1.54) is 6.07 Å². The van der Waals surface area contributed by atoms with Gasteiger partial charge in [-0.3, -0.25) is 9.59 Å². The van der Waals surface area contributed by atoms with Crippen LogP contribution in [-0.4, -0.2) is 41.7 Å². The van der Waals surface area contributed by atoms with Gasteiger partial charge in [0, 0.05) is 30.7 Å². The number of hydrogen-bond donors (Lipinski definition) is 1. The Morgan fingerprint density at radius 1 is 0.902 bits per heavy atom. The van der Waals surface area contributed by atoms with E-state index in [0.717, 1.165) is 40.8 Å². The molecule has 4 aromatic carbocycles. The molecule has 0 saturated heterocycles. The second-order valence-electron chi connectivity index (χ2n) is 9.00. The first kappa shape index (κ1) is 31.5. The summed E-state index contributed by atoms with van der Waals surface area (Å²) in [6, 6.07) is 28.4. The fourth-order valence-electron chi connectivity index (χ4n) is 4.38. The van der Waals surface area contributed by atoms with Crippen LogP contribution in [0.3, 0.4) is 0 Å². The van der Waals surface area contributed by atoms with Gasteiger partial charge in [0.1, 0.15) is 12.4 Å². The number of hydrogen-bond acceptors (Lipinski definition) is 5. The monoisotopic (exact) mass is 577 g/mol. The van der Waals surface area contributed by atoms with E-state index in [-0.39, 0.29) is 25.5 Å². The largest absolute Gasteiger partial charge is 0.486 e. The SMILES string of the molecule is CO.Cc1cc(SCCC(=O)N(Cc2ccc(F)c(F)c2)C(c2ccccc2)c2ccccc2)ccc1OCC=O. The second kappa shape index (κ2) is 16.3. The van der Waals surface area contributed by atoms with Crippen molar-refractivity contribution in [2.75, 3.05) is 19.5 Å². The molecule has 8 heteroatoms. The fraction of sp³-hybridized carbons (Fsp3) is 0.212. The van der Waals surface area contributed by atoms with Gasteiger partial charge < -0.3 is 14.7 Å². The summed E-state index contributed by atoms with van der Waals surface area (Å²) in [5.41, 5.74) is 3.26. The topological polar surface area (TPSA) is 66.8 Å². The highest BCUT2D eigenvalue weighted by atomic mass is 32.2. The number of ether oxygens (including phenoxy) is 1. The van der Waals surface area contributed by atoms with Crippen LogP contribution in [0.1, 0.15) is 34.7 Å². The zero-order valence-corrected chi connectivity index (χ0v) is 23.8. The molecule has 5 nitrogen and oxygen atoms in total. The highest BCUT2D eigenvalue weighted by Crippen LogP contribution is 2.32. The average molecular weight is 578 g/mol. The maximum absolute atomic E-state index is 14.1. The van der Waals surface area contributed by atoms with Crippen molar-refractivity contribution < 1.29 is 28.2 Å². The molecule has 0 bridgehead atoms. The van der Waals surface area contributed by atoms with Crippen LogP contribution in [0.2, 0.25) is 0 Å². The lowest BCUT2D eigenvalue weighted by Gasteiger charge is -2.33. The third-order valence-corrected chi connectivity index (χ3v) is 7.23. The molecule has 1 amide bonds. The van der Waals surface area contributed by atoms with Crippen molar-refractivity contribution in [2.45, 2.75) is 30.8 Å². The molecule has 41 heavy (non-hydrogen) atoms. The summed E-state index contributed by atoms with van der Waals surface area (Å²) >= 11 is 1.54. The number of carbonyl (C=O) groups excluding carboxylic acids is 2. The number of nitrogens with zero attached hydrogens (tertiary/aromatic N) is 1. The molecule has 0 saturated carbocycles. The van der Waals surface area contributed by atoms with Gasteiger partial charge in [-0.1, -0.05) is 66.7 Å². The van der Waals surface area contributed by atoms with Gasteiger partial charge in [-0.05, 0) is 59.5 Å². The average Bonchev–Trinajstić information content (AvgIpc) is 3.00. The maximum atomic E-state index is 14.1. The zero-order chi connectivity index (χ0) is 29.6. The van der Waals surface area contributed by atoms with Crippen molar-refractivity contribution in [2.24, 2.45) is 0 Å². The number of aryl methyl sites for hydroxylation is 1. The maximum Gasteiger partial charge on any atom is 0.224 e. The van der Waals surface area contributed by atoms with E-state index in [2.05, 4.69) is 0 Å². The third-order valence-electron chi connectivity index (χ3n) is 6.24. The van der Waals surface area contributed by atoms with E-state index < -0.39 is 17.7 Å². The highest BCUT2D eigenvalue weighted by Gasteiger charge is 2.27. The summed E-state index contributed by atoms with van der Waals surface area (Å²) in [5, 5.41) is 7.00. The lowest BCUT2D eigenvalue weighted by molar-refractivity contribution is -0.133. The number of aldehydes is 1. The Bertz CT molecular complexity index is 1360. The molecule has 0 aliphatic rings. The van der Waals surface area contributed by atoms with E-state index in [1.54, 1.807) is 16.7 Å². The van der Waals surface area contributed by atoms with Crippen molar-refractivity contribution in [1.82, 2.24) is 4.90 Å². The molecule has 214 valence electrons. The smallest absolute Gasteiger partial charge is 0.224 e. The number of aliphatic hydroxyl groups is 1. The van der Waals surface area contributed by atoms with Crippen molar-refractivity contribution in [3.05, 3.63) is 131 Å². The zero-order valence-electron chi connectivity index (χ0n) is 23.0. The Kier molecular flexibility index (Phi) is 12.5. The fourth-order valence-corrected chi connectivity index (χ4v) is 5.32. The van der Waals surface area contributed by atoms with Gasteiger partial charge in [-0.15, -0.1) is 11.8 Å². The Labute approximate surface area is 243 Å². The minimum Gasteiger partial charge on any atom is -0.486 e. The van der Waals surface area contributed by atoms with Gasteiger partial charge >= 0.3 is 0 Å². The van der Waals surface area contributed by atoms with Gasteiger partial charge in [0.05, 0.1) is 6.04 Å². The van der Waals surface area contributed by atoms with E-state index in [4.69, 9.17) is 9.84 Å². The summed E-state index contributed by atoms with van der Waals surface area (Å²) < 4.78 is 33.1. The minimum absolute atomic E-state index is 0.000381. The van der Waals surface area contributed by atoms with Gasteiger partial charge in [0.15, 0.2) is 17.9 Å². The Hall–Kier alpha value is -4.01. The van der Waals surface area contributed by atoms with Crippen LogP contribution >= 0.6 is 11.8 Å². The molecule has 0 aliphatic carbocycles. The first-order valence-electron chi connectivity index (χ1n) is 13.0. The van der Waals surface area contributed by atoms with E-state index in [9.17, 15) is 18.4 Å². The molecule has 0 heterocycles. The van der Waals surface area contributed by atoms with Gasteiger partial charge in [-0.25, -0.2) is 8.78 Å². The number of benzene rings is 4. The number of thioether (sulfide) groups is 1. The summed E-state index contributed by atoms with van der Waals surface area (Å²) in [5.74, 6) is -0.797. The number of halogens is 2. The second-order valence-corrected chi connectivity index (χ2v) is 10.2. The molecule has 0 aromatic heterocycles. The standard InChI is InChI=1S/C32H29F2NO3S.CH4O/c1-23-20-27(13-15-30(23)38-18-17-36)39-19-16-31(37)35(22-24-12-14-28(33)29(34)21-24)32(25-8-4-2-5-9-25)26-10-6-3-7-11-26;1-2/h2-15,17,20-21,32H,16,18-19,22H2,1H3;2H,1H3. The Balaban J connectivity index is 0.00000226. The molecule has 4 aromatic rings. The van der Waals surface area contributed by atoms with Gasteiger partial charge in [-0.2, -0.15) is 0 Å². The number of rotatable bonds is 12. The predicted molar refractivity (Wildman–Crippen MR) is 158 cm³/mol. The van der Waals surface area contributed by atoms with Crippen molar-refractivity contribution in [3.63, 3.8) is 0 Å². The van der Waals surface area contributed by atoms with Crippen molar-refractivity contribution in [3.8, 4) is 5.75 Å². The molecule has 0 spiro atoms. The van der Waals surface area contributed by atoms with Crippen LogP contribution < -0.4 is 4.74 Å². The van der Waals surface area contributed by atoms with Crippen LogP contribution in [0.15, 0.2) is 102 Å². The minimum atomic E-state index is -0.942. The summed E-state index contributed by atoms with van der Waals surface area (Å²) in [7, 11) is 1.00. The molecule has 0 radical (unpaired) electrons. The molecule has 0 aliphatic heterocycles. The van der Waals surface area contributed by atoms with Crippen LogP contribution in [0.5, 0.6) is 5.75 Å². The molecule has 1 N–H and O–H groups in total. The van der Waals surface area contributed by atoms with E-state index in [1.807, 2.05) is 85.8 Å². The number of aliphatic hydroxyl groups excluding tert-OH is 1. The Morgan fingerprint density at radius 2 is 1.54 bits per heavy atom. The highest BCUT2D eigenvalue weighted by molar-refractivity contribution is 7.99. The van der Waals surface area contributed by atoms with E-state index in [0.29, 0.717) is 23.4 Å². The lowest BCUT2D eigenvalue weighted by Crippen LogP contribution is -2.35. The summed E-state index contributed by atoms with van der Waals surface area (Å²) in [6.07, 6.45) is 0.949. The van der Waals surface area contributed by atoms with Gasteiger partial charge in [0.2, 0.25) is 5.91 Å². The van der Waals surface area contributed by atoms with Crippen molar-refractivity contribution in [1.29, 1.82) is 0 Å². The Morgan fingerprint density at radius 3 is 2.10 bits per heavy atom. The number of amides is 1. The van der Waals surface area contributed by atoms with Crippen LogP contribution in [0.4, 0.5) is 8.78 Å². The van der Waals surface area contributed by atoms with Crippen LogP contribution in [-0.2, 0) is 16.1 Å². The first-order valence-corrected chi connectivity index (χ1v) is 14.0. The van der Waals surface area contributed by atoms with E-state index >= 15 is 0 Å². The quantitative estimate of drug-likeness (QED) is 0.149. The number of carbonyl (C=O) groups is 2. The predicted octanol–water partition coefficient (Wildman–Crippen LogP) is 6.76. The lowest BCUT2D eigenvalue weighted by atomic mass is 9.96. The van der Waals surface area contributed by atoms with Crippen LogP contribution in [0.25, 0.3) is 0 Å². The molecular weight excluding hydrogens is 544 g/mol. The van der Waals surface area contributed by atoms with Gasteiger partial charge in [0.25, 0.3) is 0 Å². The summed E-state index contributed by atoms with van der Waals surface area (Å²) in [6.45, 7) is 2.03. The molecule has 4 rings (SSSR count). The normalized spacial score (nSPS) is 10.5. The first-order chi connectivity index (χ1) is 20.0. The third kappa shape index (κ3) is 8.99. The van der Waals surface area contributed by atoms with Crippen LogP contribution in [0, 0.1) is 18.6 Å². The summed E-state index contributed by atoms with van der Waals surface area (Å²) in [4.78, 5) is 27.1. The molecule has 0 unspecified atom stereocenters. The molecule has 0 atom stereocenters. The van der Waals surface area contributed by atoms with Crippen molar-refractivity contribution >= 4 is 24.0 Å².